The highest BCUT2D eigenvalue weighted by Gasteiger charge is 2.49. The lowest BCUT2D eigenvalue weighted by Crippen LogP contribution is -2.54. The molecule has 4 amide bonds. The molecule has 2 aromatic carbocycles. The molecule has 2 aliphatic heterocycles. The van der Waals surface area contributed by atoms with Crippen molar-refractivity contribution in [2.75, 3.05) is 41.8 Å². The third-order valence-corrected chi connectivity index (χ3v) is 6.13. The summed E-state index contributed by atoms with van der Waals surface area (Å²) in [4.78, 5) is 41.1. The number of aliphatic hydroxyl groups excluding tert-OH is 1. The van der Waals surface area contributed by atoms with Crippen LogP contribution in [0.15, 0.2) is 48.5 Å². The summed E-state index contributed by atoms with van der Waals surface area (Å²) in [5.41, 5.74) is 0.508. The van der Waals surface area contributed by atoms with Gasteiger partial charge < -0.3 is 30.3 Å². The first-order chi connectivity index (χ1) is 15.8. The fourth-order valence-corrected chi connectivity index (χ4v) is 4.20. The number of nitrogens with zero attached hydrogens (tertiary/aromatic N) is 2. The molecule has 9 nitrogen and oxygen atoms in total. The Balaban J connectivity index is 1.45. The number of hydrogen-bond acceptors (Lipinski definition) is 5. The van der Waals surface area contributed by atoms with E-state index < -0.39 is 23.6 Å². The van der Waals surface area contributed by atoms with Gasteiger partial charge in [-0.3, -0.25) is 9.59 Å². The minimum atomic E-state index is -1.26. The summed E-state index contributed by atoms with van der Waals surface area (Å²) in [7, 11) is 0. The normalized spacial score (nSPS) is 22.9. The molecule has 2 saturated heterocycles. The third-order valence-electron chi connectivity index (χ3n) is 5.87. The van der Waals surface area contributed by atoms with Gasteiger partial charge in [-0.05, 0) is 55.5 Å². The number of rotatable bonds is 4. The highest BCUT2D eigenvalue weighted by Crippen LogP contribution is 2.32. The van der Waals surface area contributed by atoms with E-state index in [1.165, 1.54) is 4.90 Å². The van der Waals surface area contributed by atoms with Crippen LogP contribution in [0.3, 0.4) is 0 Å². The lowest BCUT2D eigenvalue weighted by atomic mass is 9.96. The summed E-state index contributed by atoms with van der Waals surface area (Å²) in [6.07, 6.45) is -0.723. The van der Waals surface area contributed by atoms with Crippen molar-refractivity contribution in [3.05, 3.63) is 53.6 Å². The van der Waals surface area contributed by atoms with E-state index in [2.05, 4.69) is 10.6 Å². The Morgan fingerprint density at radius 3 is 2.39 bits per heavy atom. The molecule has 0 spiro atoms. The van der Waals surface area contributed by atoms with Crippen LogP contribution in [0.4, 0.5) is 21.9 Å². The fraction of sp³-hybridized carbons (Fsp3) is 0.348. The van der Waals surface area contributed by atoms with Crippen molar-refractivity contribution >= 4 is 46.5 Å². The van der Waals surface area contributed by atoms with Gasteiger partial charge >= 0.3 is 6.03 Å². The Hall–Kier alpha value is -3.14. The van der Waals surface area contributed by atoms with Crippen LogP contribution in [0.2, 0.25) is 5.02 Å². The Morgan fingerprint density at radius 1 is 1.09 bits per heavy atom. The number of ether oxygens (including phenoxy) is 1. The highest BCUT2D eigenvalue weighted by atomic mass is 35.5. The quantitative estimate of drug-likeness (QED) is 0.633. The number of β-amino-alcohol motifs (C(OH)–C–C–N with tert-alkyl or cyclic N) is 1. The van der Waals surface area contributed by atoms with Crippen molar-refractivity contribution in [1.29, 1.82) is 0 Å². The van der Waals surface area contributed by atoms with Gasteiger partial charge in [-0.1, -0.05) is 11.6 Å². The van der Waals surface area contributed by atoms with Crippen molar-refractivity contribution in [1.82, 2.24) is 4.90 Å². The molecule has 0 aromatic heterocycles. The van der Waals surface area contributed by atoms with Crippen LogP contribution in [0, 0.1) is 0 Å². The Morgan fingerprint density at radius 2 is 1.73 bits per heavy atom. The molecule has 33 heavy (non-hydrogen) atoms. The van der Waals surface area contributed by atoms with Gasteiger partial charge in [0.1, 0.15) is 12.1 Å². The molecule has 2 atom stereocenters. The van der Waals surface area contributed by atoms with Gasteiger partial charge in [-0.25, -0.2) is 4.79 Å². The number of benzene rings is 2. The Kier molecular flexibility index (Phi) is 6.55. The number of carbonyl (C=O) groups is 3. The molecular formula is C23H25ClN4O5. The van der Waals surface area contributed by atoms with Gasteiger partial charge in [0.2, 0.25) is 5.91 Å². The molecule has 0 aliphatic carbocycles. The van der Waals surface area contributed by atoms with Crippen LogP contribution in [0.1, 0.15) is 13.3 Å². The molecule has 2 fully saturated rings. The van der Waals surface area contributed by atoms with Gasteiger partial charge in [-0.2, -0.15) is 0 Å². The van der Waals surface area contributed by atoms with Crippen molar-refractivity contribution in [2.45, 2.75) is 25.0 Å². The van der Waals surface area contributed by atoms with E-state index in [0.29, 0.717) is 35.2 Å². The number of halogens is 1. The lowest BCUT2D eigenvalue weighted by molar-refractivity contribution is -0.126. The van der Waals surface area contributed by atoms with Crippen LogP contribution >= 0.6 is 11.6 Å². The molecule has 2 aliphatic rings. The second kappa shape index (κ2) is 9.38. The topological polar surface area (TPSA) is 111 Å². The maximum absolute atomic E-state index is 13.2. The van der Waals surface area contributed by atoms with Crippen LogP contribution in [0.25, 0.3) is 0 Å². The van der Waals surface area contributed by atoms with Crippen molar-refractivity contribution in [2.24, 2.45) is 0 Å². The average molecular weight is 473 g/mol. The van der Waals surface area contributed by atoms with Crippen molar-refractivity contribution in [3.8, 4) is 0 Å². The Bertz CT molecular complexity index is 1050. The minimum absolute atomic E-state index is 0.0292. The number of carbonyl (C=O) groups excluding carboxylic acids is 3. The van der Waals surface area contributed by atoms with E-state index in [-0.39, 0.29) is 25.5 Å². The van der Waals surface area contributed by atoms with E-state index in [9.17, 15) is 19.5 Å². The first-order valence-corrected chi connectivity index (χ1v) is 11.0. The van der Waals surface area contributed by atoms with Crippen molar-refractivity contribution < 1.29 is 24.2 Å². The zero-order chi connectivity index (χ0) is 23.6. The fourth-order valence-electron chi connectivity index (χ4n) is 4.07. The van der Waals surface area contributed by atoms with Crippen LogP contribution in [-0.2, 0) is 14.3 Å². The number of urea groups is 1. The zero-order valence-electron chi connectivity index (χ0n) is 18.1. The van der Waals surface area contributed by atoms with E-state index in [1.54, 1.807) is 60.4 Å². The second-order valence-corrected chi connectivity index (χ2v) is 8.71. The molecule has 4 rings (SSSR count). The molecule has 2 aromatic rings. The van der Waals surface area contributed by atoms with Gasteiger partial charge in [0.15, 0.2) is 0 Å². The lowest BCUT2D eigenvalue weighted by Gasteiger charge is -2.33. The predicted octanol–water partition coefficient (Wildman–Crippen LogP) is 2.70. The summed E-state index contributed by atoms with van der Waals surface area (Å²) < 4.78 is 5.15. The molecule has 0 radical (unpaired) electrons. The molecule has 10 heteroatoms. The number of hydrogen-bond donors (Lipinski definition) is 3. The summed E-state index contributed by atoms with van der Waals surface area (Å²) in [5, 5.41) is 16.3. The summed E-state index contributed by atoms with van der Waals surface area (Å²) in [5.74, 6) is -0.534. The Labute approximate surface area is 196 Å². The SMILES string of the molecule is C[C@]1(C(=O)Nc2ccc(N3CCOCC3=O)cc2)C[C@@H](O)CN1C(=O)Nc1ccc(Cl)cc1. The smallest absolute Gasteiger partial charge is 0.322 e. The number of anilines is 3. The zero-order valence-corrected chi connectivity index (χ0v) is 18.8. The highest BCUT2D eigenvalue weighted by molar-refractivity contribution is 6.30. The van der Waals surface area contributed by atoms with Crippen molar-refractivity contribution in [3.63, 3.8) is 0 Å². The number of morpholine rings is 1. The minimum Gasteiger partial charge on any atom is -0.391 e. The number of nitrogens with one attached hydrogen (secondary N) is 2. The summed E-state index contributed by atoms with van der Waals surface area (Å²) in [6, 6.07) is 13.0. The van der Waals surface area contributed by atoms with Gasteiger partial charge in [0, 0.05) is 41.6 Å². The van der Waals surface area contributed by atoms with Gasteiger partial charge in [0.05, 0.1) is 12.7 Å². The first kappa shape index (κ1) is 23.0. The van der Waals surface area contributed by atoms with Gasteiger partial charge in [-0.15, -0.1) is 0 Å². The van der Waals surface area contributed by atoms with E-state index in [0.717, 1.165) is 0 Å². The summed E-state index contributed by atoms with van der Waals surface area (Å²) >= 11 is 5.89. The maximum atomic E-state index is 13.2. The number of likely N-dealkylation sites (tertiary alicyclic amines) is 1. The van der Waals surface area contributed by atoms with Crippen LogP contribution < -0.4 is 15.5 Å². The average Bonchev–Trinajstić information content (AvgIpc) is 3.12. The molecule has 0 bridgehead atoms. The van der Waals surface area contributed by atoms with Crippen LogP contribution in [-0.4, -0.2) is 65.8 Å². The molecular weight excluding hydrogens is 448 g/mol. The van der Waals surface area contributed by atoms with E-state index in [4.69, 9.17) is 16.3 Å². The molecule has 0 saturated carbocycles. The number of amides is 4. The largest absolute Gasteiger partial charge is 0.391 e. The molecule has 174 valence electrons. The molecule has 3 N–H and O–H groups in total. The van der Waals surface area contributed by atoms with Gasteiger partial charge in [0.25, 0.3) is 5.91 Å². The standard InChI is InChI=1S/C23H25ClN4O5/c1-23(12-19(29)13-28(23)22(32)26-17-4-2-15(24)3-5-17)21(31)25-16-6-8-18(9-7-16)27-10-11-33-14-20(27)30/h2-9,19,29H,10-14H2,1H3,(H,25,31)(H,26,32)/t19-,23-/m1/s1. The monoisotopic (exact) mass is 472 g/mol. The molecule has 0 unspecified atom stereocenters. The number of aliphatic hydroxyl groups is 1. The van der Waals surface area contributed by atoms with E-state index in [1.807, 2.05) is 0 Å². The maximum Gasteiger partial charge on any atom is 0.322 e. The second-order valence-electron chi connectivity index (χ2n) is 8.28. The first-order valence-electron chi connectivity index (χ1n) is 10.6. The van der Waals surface area contributed by atoms with Crippen LogP contribution in [0.5, 0.6) is 0 Å². The summed E-state index contributed by atoms with van der Waals surface area (Å²) in [6.45, 7) is 2.65. The predicted molar refractivity (Wildman–Crippen MR) is 124 cm³/mol. The van der Waals surface area contributed by atoms with E-state index >= 15 is 0 Å². The molecule has 2 heterocycles. The third kappa shape index (κ3) is 4.95.